The zero-order valence-electron chi connectivity index (χ0n) is 12.2. The Kier molecular flexibility index (Phi) is 3.52. The molecule has 0 fully saturated rings. The second-order valence-electron chi connectivity index (χ2n) is 5.20. The van der Waals surface area contributed by atoms with Crippen molar-refractivity contribution in [3.63, 3.8) is 0 Å². The van der Waals surface area contributed by atoms with Crippen molar-refractivity contribution in [3.8, 4) is 5.75 Å². The van der Waals surface area contributed by atoms with Gasteiger partial charge in [0, 0.05) is 5.69 Å². The average molecular weight is 282 g/mol. The number of hydrogen-bond donors (Lipinski definition) is 1. The van der Waals surface area contributed by atoms with Crippen LogP contribution in [0.15, 0.2) is 42.5 Å². The molecule has 0 radical (unpaired) electrons. The van der Waals surface area contributed by atoms with E-state index in [-0.39, 0.29) is 6.03 Å². The number of anilines is 2. The number of hydrogen-bond acceptors (Lipinski definition) is 2. The summed E-state index contributed by atoms with van der Waals surface area (Å²) < 4.78 is 5.57. The van der Waals surface area contributed by atoms with Gasteiger partial charge in [-0.3, -0.25) is 4.90 Å². The fourth-order valence-corrected chi connectivity index (χ4v) is 2.39. The lowest BCUT2D eigenvalue weighted by atomic mass is 10.1. The molecule has 108 valence electrons. The minimum Gasteiger partial charge on any atom is -0.490 e. The number of fused-ring (bicyclic) bond motifs is 1. The standard InChI is InChI=1S/C17H18N2O2/c1-12-7-8-14(11-13(12)2)18-17(20)19-9-10-21-16-6-4-3-5-15(16)19/h3-8,11H,9-10H2,1-2H3,(H,18,20). The van der Waals surface area contributed by atoms with E-state index in [1.54, 1.807) is 4.90 Å². The van der Waals surface area contributed by atoms with Crippen molar-refractivity contribution in [3.05, 3.63) is 53.6 Å². The van der Waals surface area contributed by atoms with Crippen LogP contribution in [0, 0.1) is 13.8 Å². The molecule has 2 amide bonds. The zero-order chi connectivity index (χ0) is 14.8. The van der Waals surface area contributed by atoms with Gasteiger partial charge in [0.1, 0.15) is 12.4 Å². The molecule has 0 saturated heterocycles. The number of amides is 2. The Labute approximate surface area is 124 Å². The van der Waals surface area contributed by atoms with Crippen LogP contribution in [0.4, 0.5) is 16.2 Å². The van der Waals surface area contributed by atoms with E-state index in [0.717, 1.165) is 22.7 Å². The zero-order valence-corrected chi connectivity index (χ0v) is 12.2. The van der Waals surface area contributed by atoms with Crippen molar-refractivity contribution in [1.82, 2.24) is 0 Å². The Morgan fingerprint density at radius 3 is 2.76 bits per heavy atom. The molecule has 0 bridgehead atoms. The van der Waals surface area contributed by atoms with Gasteiger partial charge in [-0.05, 0) is 49.2 Å². The number of carbonyl (C=O) groups excluding carboxylic acids is 1. The molecule has 0 saturated carbocycles. The number of urea groups is 1. The van der Waals surface area contributed by atoms with Crippen molar-refractivity contribution >= 4 is 17.4 Å². The summed E-state index contributed by atoms with van der Waals surface area (Å²) in [5.41, 5.74) is 4.00. The smallest absolute Gasteiger partial charge is 0.326 e. The first-order chi connectivity index (χ1) is 10.1. The molecular formula is C17H18N2O2. The van der Waals surface area contributed by atoms with Crippen LogP contribution in [-0.2, 0) is 0 Å². The first-order valence-electron chi connectivity index (χ1n) is 7.03. The van der Waals surface area contributed by atoms with E-state index in [9.17, 15) is 4.79 Å². The van der Waals surface area contributed by atoms with Crippen LogP contribution in [-0.4, -0.2) is 19.2 Å². The Morgan fingerprint density at radius 1 is 1.14 bits per heavy atom. The number of nitrogens with zero attached hydrogens (tertiary/aromatic N) is 1. The molecule has 0 aromatic heterocycles. The van der Waals surface area contributed by atoms with Gasteiger partial charge >= 0.3 is 6.03 Å². The van der Waals surface area contributed by atoms with E-state index < -0.39 is 0 Å². The van der Waals surface area contributed by atoms with Crippen LogP contribution in [0.2, 0.25) is 0 Å². The molecule has 2 aromatic rings. The van der Waals surface area contributed by atoms with Gasteiger partial charge in [-0.25, -0.2) is 4.79 Å². The van der Waals surface area contributed by atoms with Gasteiger partial charge in [0.15, 0.2) is 0 Å². The summed E-state index contributed by atoms with van der Waals surface area (Å²) in [5.74, 6) is 0.749. The van der Waals surface area contributed by atoms with Crippen LogP contribution in [0.25, 0.3) is 0 Å². The molecule has 0 unspecified atom stereocenters. The molecule has 0 atom stereocenters. The fourth-order valence-electron chi connectivity index (χ4n) is 2.39. The number of para-hydroxylation sites is 2. The Balaban J connectivity index is 1.81. The molecule has 1 heterocycles. The Hall–Kier alpha value is -2.49. The first-order valence-corrected chi connectivity index (χ1v) is 7.03. The monoisotopic (exact) mass is 282 g/mol. The minimum atomic E-state index is -0.131. The first kappa shape index (κ1) is 13.5. The molecule has 4 heteroatoms. The SMILES string of the molecule is Cc1ccc(NC(=O)N2CCOc3ccccc32)cc1C. The highest BCUT2D eigenvalue weighted by Crippen LogP contribution is 2.31. The van der Waals surface area contributed by atoms with Crippen molar-refractivity contribution in [2.45, 2.75) is 13.8 Å². The summed E-state index contributed by atoms with van der Waals surface area (Å²) >= 11 is 0. The number of carbonyl (C=O) groups is 1. The van der Waals surface area contributed by atoms with E-state index in [2.05, 4.69) is 12.2 Å². The third-order valence-corrected chi connectivity index (χ3v) is 3.73. The number of nitrogens with one attached hydrogen (secondary N) is 1. The Morgan fingerprint density at radius 2 is 1.95 bits per heavy atom. The topological polar surface area (TPSA) is 41.6 Å². The number of benzene rings is 2. The molecular weight excluding hydrogens is 264 g/mol. The summed E-state index contributed by atoms with van der Waals surface area (Å²) in [4.78, 5) is 14.2. The molecule has 0 aliphatic carbocycles. The van der Waals surface area contributed by atoms with Crippen molar-refractivity contribution in [2.24, 2.45) is 0 Å². The largest absolute Gasteiger partial charge is 0.490 e. The van der Waals surface area contributed by atoms with E-state index in [4.69, 9.17) is 4.74 Å². The summed E-state index contributed by atoms with van der Waals surface area (Å²) in [6.45, 7) is 5.15. The molecule has 0 spiro atoms. The van der Waals surface area contributed by atoms with E-state index in [0.29, 0.717) is 13.2 Å². The predicted octanol–water partition coefficient (Wildman–Crippen LogP) is 3.73. The summed E-state index contributed by atoms with van der Waals surface area (Å²) in [7, 11) is 0. The van der Waals surface area contributed by atoms with Gasteiger partial charge in [0.05, 0.1) is 12.2 Å². The maximum Gasteiger partial charge on any atom is 0.326 e. The van der Waals surface area contributed by atoms with E-state index in [1.807, 2.05) is 49.4 Å². The minimum absolute atomic E-state index is 0.131. The highest BCUT2D eigenvalue weighted by Gasteiger charge is 2.23. The number of ether oxygens (including phenoxy) is 1. The highest BCUT2D eigenvalue weighted by molar-refractivity contribution is 6.03. The quantitative estimate of drug-likeness (QED) is 0.865. The van der Waals surface area contributed by atoms with E-state index >= 15 is 0 Å². The van der Waals surface area contributed by atoms with Crippen LogP contribution in [0.3, 0.4) is 0 Å². The van der Waals surface area contributed by atoms with Gasteiger partial charge in [-0.1, -0.05) is 18.2 Å². The normalized spacial score (nSPS) is 13.3. The third kappa shape index (κ3) is 2.70. The molecule has 3 rings (SSSR count). The fraction of sp³-hybridized carbons (Fsp3) is 0.235. The van der Waals surface area contributed by atoms with Crippen LogP contribution >= 0.6 is 0 Å². The number of rotatable bonds is 1. The molecule has 1 aliphatic rings. The molecule has 2 aromatic carbocycles. The predicted molar refractivity (Wildman–Crippen MR) is 84.2 cm³/mol. The van der Waals surface area contributed by atoms with Gasteiger partial charge in [-0.2, -0.15) is 0 Å². The summed E-state index contributed by atoms with van der Waals surface area (Å²) in [6.07, 6.45) is 0. The van der Waals surface area contributed by atoms with Gasteiger partial charge in [-0.15, -0.1) is 0 Å². The van der Waals surface area contributed by atoms with Gasteiger partial charge in [0.2, 0.25) is 0 Å². The summed E-state index contributed by atoms with van der Waals surface area (Å²) in [5, 5.41) is 2.95. The Bertz CT molecular complexity index is 682. The third-order valence-electron chi connectivity index (χ3n) is 3.73. The maximum atomic E-state index is 12.5. The van der Waals surface area contributed by atoms with Gasteiger partial charge in [0.25, 0.3) is 0 Å². The molecule has 1 aliphatic heterocycles. The molecule has 1 N–H and O–H groups in total. The second kappa shape index (κ2) is 5.48. The van der Waals surface area contributed by atoms with Crippen molar-refractivity contribution in [2.75, 3.05) is 23.4 Å². The van der Waals surface area contributed by atoms with Crippen molar-refractivity contribution < 1.29 is 9.53 Å². The highest BCUT2D eigenvalue weighted by atomic mass is 16.5. The van der Waals surface area contributed by atoms with Crippen LogP contribution in [0.5, 0.6) is 5.75 Å². The second-order valence-corrected chi connectivity index (χ2v) is 5.20. The number of aryl methyl sites for hydroxylation is 2. The lowest BCUT2D eigenvalue weighted by Crippen LogP contribution is -2.40. The lowest BCUT2D eigenvalue weighted by Gasteiger charge is -2.29. The van der Waals surface area contributed by atoms with E-state index in [1.165, 1.54) is 5.56 Å². The van der Waals surface area contributed by atoms with Gasteiger partial charge < -0.3 is 10.1 Å². The van der Waals surface area contributed by atoms with Crippen LogP contribution in [0.1, 0.15) is 11.1 Å². The summed E-state index contributed by atoms with van der Waals surface area (Å²) in [6, 6.07) is 13.4. The molecule has 21 heavy (non-hydrogen) atoms. The van der Waals surface area contributed by atoms with Crippen LogP contribution < -0.4 is 15.0 Å². The molecule has 4 nitrogen and oxygen atoms in total. The average Bonchev–Trinajstić information content (AvgIpc) is 2.50. The van der Waals surface area contributed by atoms with Crippen molar-refractivity contribution in [1.29, 1.82) is 0 Å². The lowest BCUT2D eigenvalue weighted by molar-refractivity contribution is 0.250. The maximum absolute atomic E-state index is 12.5.